The second-order valence-electron chi connectivity index (χ2n) is 14.7. The molecule has 2 aliphatic heterocycles. The number of ether oxygens (including phenoxy) is 3. The van der Waals surface area contributed by atoms with Gasteiger partial charge in [-0.1, -0.05) is 36.4 Å². The Morgan fingerprint density at radius 3 is 2.28 bits per heavy atom. The molecule has 0 aliphatic carbocycles. The summed E-state index contributed by atoms with van der Waals surface area (Å²) in [6.07, 6.45) is 8.47. The molecule has 7 rings (SSSR count). The van der Waals surface area contributed by atoms with Gasteiger partial charge in [-0.25, -0.2) is 0 Å². The predicted octanol–water partition coefficient (Wildman–Crippen LogP) is 7.52. The smallest absolute Gasteiger partial charge is 0.272 e. The number of aryl methyl sites for hydroxylation is 2. The number of anilines is 2. The van der Waals surface area contributed by atoms with Gasteiger partial charge in [0.15, 0.2) is 11.5 Å². The zero-order valence-electron chi connectivity index (χ0n) is 34.6. The van der Waals surface area contributed by atoms with Gasteiger partial charge < -0.3 is 44.2 Å². The molecule has 310 valence electrons. The minimum atomic E-state index is -0.336. The summed E-state index contributed by atoms with van der Waals surface area (Å²) in [5.41, 5.74) is 7.86. The largest absolute Gasteiger partial charge is 0.493 e. The molecule has 0 bridgehead atoms. The van der Waals surface area contributed by atoms with E-state index in [-0.39, 0.29) is 48.8 Å². The molecule has 2 unspecified atom stereocenters. The molecule has 14 nitrogen and oxygen atoms in total. The summed E-state index contributed by atoms with van der Waals surface area (Å²) >= 11 is 0. The quantitative estimate of drug-likeness (QED) is 0.0924. The van der Waals surface area contributed by atoms with Crippen molar-refractivity contribution in [2.24, 2.45) is 19.1 Å². The third kappa shape index (κ3) is 8.88. The van der Waals surface area contributed by atoms with E-state index in [0.717, 1.165) is 27.8 Å². The molecule has 0 saturated heterocycles. The van der Waals surface area contributed by atoms with Crippen LogP contribution >= 0.6 is 0 Å². The van der Waals surface area contributed by atoms with Crippen molar-refractivity contribution in [2.75, 3.05) is 38.0 Å². The number of carbonyl (C=O) groups is 4. The van der Waals surface area contributed by atoms with Crippen LogP contribution in [0.3, 0.4) is 0 Å². The number of fused-ring (bicyclic) bond motifs is 2. The van der Waals surface area contributed by atoms with Crippen molar-refractivity contribution in [3.63, 3.8) is 0 Å². The molecule has 0 spiro atoms. The first kappa shape index (κ1) is 41.2. The number of nitrogens with one attached hydrogen (secondary N) is 3. The second kappa shape index (κ2) is 17.9. The fraction of sp³-hybridized carbons (Fsp3) is 0.283. The summed E-state index contributed by atoms with van der Waals surface area (Å²) in [6.45, 7) is 4.87. The van der Waals surface area contributed by atoms with Crippen LogP contribution in [0.15, 0.2) is 96.4 Å². The molecule has 60 heavy (non-hydrogen) atoms. The number of hydrogen-bond donors (Lipinski definition) is 3. The maximum absolute atomic E-state index is 13.8. The van der Waals surface area contributed by atoms with E-state index in [1.54, 1.807) is 70.9 Å². The molecule has 0 radical (unpaired) electrons. The molecule has 2 aromatic heterocycles. The molecule has 5 aromatic rings. The van der Waals surface area contributed by atoms with E-state index in [1.807, 2.05) is 51.5 Å². The number of rotatable bonds is 15. The summed E-state index contributed by atoms with van der Waals surface area (Å²) in [5.74, 6) is -0.109. The predicted molar refractivity (Wildman–Crippen MR) is 231 cm³/mol. The van der Waals surface area contributed by atoms with Gasteiger partial charge in [0.05, 0.1) is 42.8 Å². The molecule has 14 heteroatoms. The van der Waals surface area contributed by atoms with Gasteiger partial charge in [0.25, 0.3) is 17.7 Å². The van der Waals surface area contributed by atoms with Crippen LogP contribution < -0.4 is 25.4 Å². The van der Waals surface area contributed by atoms with Crippen LogP contribution in [-0.2, 0) is 23.6 Å². The van der Waals surface area contributed by atoms with E-state index in [0.29, 0.717) is 65.0 Å². The summed E-state index contributed by atoms with van der Waals surface area (Å²) < 4.78 is 20.8. The van der Waals surface area contributed by atoms with Crippen molar-refractivity contribution in [2.45, 2.75) is 45.3 Å². The van der Waals surface area contributed by atoms with Gasteiger partial charge in [0, 0.05) is 82.7 Å². The third-order valence-electron chi connectivity index (χ3n) is 10.6. The highest BCUT2D eigenvalue weighted by atomic mass is 16.5. The fourth-order valence-corrected chi connectivity index (χ4v) is 7.40. The van der Waals surface area contributed by atoms with Crippen molar-refractivity contribution < 1.29 is 33.4 Å². The Balaban J connectivity index is 0.908. The number of nitrogens with zero attached hydrogens (tertiary/aromatic N) is 4. The summed E-state index contributed by atoms with van der Waals surface area (Å²) in [7, 11) is 6.65. The molecule has 4 heterocycles. The number of carbonyl (C=O) groups excluding carboxylic acids is 4. The molecule has 0 fully saturated rings. The average molecular weight is 812 g/mol. The first-order valence-electron chi connectivity index (χ1n) is 19.9. The van der Waals surface area contributed by atoms with Crippen LogP contribution in [0.25, 0.3) is 16.7 Å². The zero-order valence-corrected chi connectivity index (χ0v) is 34.6. The first-order valence-corrected chi connectivity index (χ1v) is 19.9. The van der Waals surface area contributed by atoms with Gasteiger partial charge in [0.2, 0.25) is 5.91 Å². The monoisotopic (exact) mass is 811 g/mol. The highest BCUT2D eigenvalue weighted by Gasteiger charge is 2.33. The van der Waals surface area contributed by atoms with Crippen LogP contribution in [0.1, 0.15) is 81.7 Å². The number of aromatic nitrogens is 2. The molecule has 4 amide bonds. The minimum absolute atomic E-state index is 0.00940. The highest BCUT2D eigenvalue weighted by Crippen LogP contribution is 2.40. The maximum Gasteiger partial charge on any atom is 0.272 e. The molecule has 2 atom stereocenters. The van der Waals surface area contributed by atoms with Gasteiger partial charge in [0.1, 0.15) is 11.4 Å². The Bertz CT molecular complexity index is 2480. The number of benzene rings is 3. The Morgan fingerprint density at radius 1 is 0.850 bits per heavy atom. The Morgan fingerprint density at radius 2 is 1.57 bits per heavy atom. The van der Waals surface area contributed by atoms with Crippen LogP contribution in [0.5, 0.6) is 11.5 Å². The summed E-state index contributed by atoms with van der Waals surface area (Å²) in [4.78, 5) is 58.4. The van der Waals surface area contributed by atoms with Crippen LogP contribution in [-0.4, -0.2) is 77.3 Å². The summed E-state index contributed by atoms with van der Waals surface area (Å²) in [6, 6.07) is 22.2. The minimum Gasteiger partial charge on any atom is -0.493 e. The standard InChI is InChI=1S/C46H49N7O7/c1-7-59-28(2)29-10-12-30(13-11-29)32-19-36-24-48-38-23-42(41(58-6)22-37(38)46(57)53(36)26-32)60-18-8-9-43(54)49-35-21-40(52(5)27-35)45(56)50-34-16-14-31(15-17-34)33-20-39(44(55)47-3)51(4)25-33/h10-17,20-28,36H,7-9,18-19H2,1-6H3,(H,47,55)(H,49,54)(H,50,56). The van der Waals surface area contributed by atoms with Crippen molar-refractivity contribution in [1.29, 1.82) is 0 Å². The number of hydrogen-bond acceptors (Lipinski definition) is 8. The molecular weight excluding hydrogens is 763 g/mol. The van der Waals surface area contributed by atoms with Crippen LogP contribution in [0.2, 0.25) is 0 Å². The van der Waals surface area contributed by atoms with Gasteiger partial charge in [-0.05, 0) is 72.9 Å². The lowest BCUT2D eigenvalue weighted by Gasteiger charge is -2.19. The van der Waals surface area contributed by atoms with Gasteiger partial charge in [-0.2, -0.15) is 0 Å². The average Bonchev–Trinajstić information content (AvgIpc) is 3.95. The lowest BCUT2D eigenvalue weighted by molar-refractivity contribution is -0.116. The Hall–Kier alpha value is -6.93. The Kier molecular flexibility index (Phi) is 12.3. The van der Waals surface area contributed by atoms with E-state index in [1.165, 1.54) is 7.11 Å². The van der Waals surface area contributed by atoms with E-state index < -0.39 is 0 Å². The topological polar surface area (TPSA) is 158 Å². The lowest BCUT2D eigenvalue weighted by atomic mass is 10.00. The third-order valence-corrected chi connectivity index (χ3v) is 10.6. The molecule has 2 aliphatic rings. The second-order valence-corrected chi connectivity index (χ2v) is 14.7. The SMILES string of the molecule is CCOC(C)c1ccc(C2=CN3C(=O)c4cc(OC)c(OCCCC(=O)Nc5cc(C(=O)Nc6ccc(-c7cc(C(=O)NC)n(C)c7)cc6)n(C)c5)cc4N=CC3C2)cc1. The number of amides is 4. The number of methoxy groups -OCH3 is 1. The zero-order chi connectivity index (χ0) is 42.5. The number of aliphatic imine (C=N–C) groups is 1. The highest BCUT2D eigenvalue weighted by molar-refractivity contribution is 6.06. The van der Waals surface area contributed by atoms with E-state index in [9.17, 15) is 19.2 Å². The van der Waals surface area contributed by atoms with Crippen LogP contribution in [0.4, 0.5) is 17.1 Å². The molecule has 3 aromatic carbocycles. The Labute approximate surface area is 348 Å². The molecular formula is C46H49N7O7. The summed E-state index contributed by atoms with van der Waals surface area (Å²) in [5, 5.41) is 8.40. The van der Waals surface area contributed by atoms with E-state index >= 15 is 0 Å². The van der Waals surface area contributed by atoms with Gasteiger partial charge in [-0.15, -0.1) is 0 Å². The molecule has 0 saturated carbocycles. The first-order chi connectivity index (χ1) is 29.0. The van der Waals surface area contributed by atoms with Crippen molar-refractivity contribution >= 4 is 52.5 Å². The van der Waals surface area contributed by atoms with E-state index in [2.05, 4.69) is 40.2 Å². The van der Waals surface area contributed by atoms with Crippen LogP contribution in [0, 0.1) is 0 Å². The lowest BCUT2D eigenvalue weighted by Crippen LogP contribution is -2.32. The van der Waals surface area contributed by atoms with Crippen molar-refractivity contribution in [3.05, 3.63) is 119 Å². The van der Waals surface area contributed by atoms with E-state index in [4.69, 9.17) is 19.2 Å². The van der Waals surface area contributed by atoms with Crippen molar-refractivity contribution in [1.82, 2.24) is 19.4 Å². The normalized spacial score (nSPS) is 14.8. The maximum atomic E-state index is 13.8. The van der Waals surface area contributed by atoms with Gasteiger partial charge in [-0.3, -0.25) is 24.2 Å². The van der Waals surface area contributed by atoms with Gasteiger partial charge >= 0.3 is 0 Å². The molecule has 3 N–H and O–H groups in total. The van der Waals surface area contributed by atoms with Crippen molar-refractivity contribution in [3.8, 4) is 22.6 Å². The fourth-order valence-electron chi connectivity index (χ4n) is 7.40.